The quantitative estimate of drug-likeness (QED) is 0.788. The second kappa shape index (κ2) is 6.14. The van der Waals surface area contributed by atoms with Crippen LogP contribution in [0.15, 0.2) is 54.6 Å². The molecule has 0 aromatic heterocycles. The molecule has 3 nitrogen and oxygen atoms in total. The number of carbonyl (C=O) groups is 2. The molecule has 1 unspecified atom stereocenters. The molecule has 0 bridgehead atoms. The Labute approximate surface area is 130 Å². The van der Waals surface area contributed by atoms with E-state index in [0.29, 0.717) is 11.1 Å². The van der Waals surface area contributed by atoms with Crippen molar-refractivity contribution in [2.24, 2.45) is 0 Å². The summed E-state index contributed by atoms with van der Waals surface area (Å²) in [5.74, 6) is -0.305. The highest BCUT2D eigenvalue weighted by Crippen LogP contribution is 2.27. The molecule has 0 spiro atoms. The highest BCUT2D eigenvalue weighted by Gasteiger charge is 2.38. The van der Waals surface area contributed by atoms with Crippen LogP contribution in [-0.4, -0.2) is 22.8 Å². The van der Waals surface area contributed by atoms with Gasteiger partial charge < -0.3 is 0 Å². The summed E-state index contributed by atoms with van der Waals surface area (Å²) in [7, 11) is 0. The third-order valence-electron chi connectivity index (χ3n) is 4.27. The van der Waals surface area contributed by atoms with Crippen molar-refractivity contribution < 1.29 is 9.59 Å². The minimum Gasteiger partial charge on any atom is -0.271 e. The monoisotopic (exact) mass is 293 g/mol. The minimum absolute atomic E-state index is 0.0485. The van der Waals surface area contributed by atoms with Crippen LogP contribution in [0.4, 0.5) is 0 Å². The summed E-state index contributed by atoms with van der Waals surface area (Å²) in [5, 5.41) is 0. The number of aryl methyl sites for hydroxylation is 1. The van der Waals surface area contributed by atoms with Crippen molar-refractivity contribution in [3.63, 3.8) is 0 Å². The summed E-state index contributed by atoms with van der Waals surface area (Å²) >= 11 is 0. The molecular formula is C19H19NO2. The predicted octanol–water partition coefficient (Wildman–Crippen LogP) is 3.69. The second-order valence-corrected chi connectivity index (χ2v) is 5.61. The van der Waals surface area contributed by atoms with E-state index in [4.69, 9.17) is 0 Å². The molecule has 0 aliphatic carbocycles. The van der Waals surface area contributed by atoms with Gasteiger partial charge in [0, 0.05) is 6.04 Å². The Morgan fingerprint density at radius 2 is 1.41 bits per heavy atom. The molecule has 1 atom stereocenters. The second-order valence-electron chi connectivity index (χ2n) is 5.61. The van der Waals surface area contributed by atoms with E-state index >= 15 is 0 Å². The zero-order chi connectivity index (χ0) is 15.5. The first-order chi connectivity index (χ1) is 10.7. The highest BCUT2D eigenvalue weighted by atomic mass is 16.2. The summed E-state index contributed by atoms with van der Waals surface area (Å²) in [4.78, 5) is 26.5. The van der Waals surface area contributed by atoms with Gasteiger partial charge in [0.05, 0.1) is 11.1 Å². The molecule has 1 aliphatic heterocycles. The molecule has 112 valence electrons. The van der Waals surface area contributed by atoms with Gasteiger partial charge in [0.15, 0.2) is 0 Å². The van der Waals surface area contributed by atoms with Crippen molar-refractivity contribution in [3.05, 3.63) is 71.3 Å². The van der Waals surface area contributed by atoms with Gasteiger partial charge in [0.1, 0.15) is 0 Å². The number of carbonyl (C=O) groups excluding carboxylic acids is 2. The third kappa shape index (κ3) is 2.54. The molecule has 0 N–H and O–H groups in total. The number of imide groups is 1. The van der Waals surface area contributed by atoms with Crippen LogP contribution in [-0.2, 0) is 6.42 Å². The Bertz CT molecular complexity index is 659. The Morgan fingerprint density at radius 1 is 0.864 bits per heavy atom. The number of hydrogen-bond acceptors (Lipinski definition) is 2. The zero-order valence-corrected chi connectivity index (χ0v) is 12.7. The smallest absolute Gasteiger partial charge is 0.261 e. The average molecular weight is 293 g/mol. The first-order valence-electron chi connectivity index (χ1n) is 7.73. The van der Waals surface area contributed by atoms with E-state index in [-0.39, 0.29) is 17.9 Å². The maximum absolute atomic E-state index is 12.5. The number of nitrogens with zero attached hydrogens (tertiary/aromatic N) is 1. The molecule has 1 heterocycles. The minimum atomic E-state index is -0.152. The zero-order valence-electron chi connectivity index (χ0n) is 12.7. The maximum atomic E-state index is 12.5. The first kappa shape index (κ1) is 14.5. The third-order valence-corrected chi connectivity index (χ3v) is 4.27. The van der Waals surface area contributed by atoms with E-state index in [0.717, 1.165) is 19.3 Å². The largest absolute Gasteiger partial charge is 0.271 e. The van der Waals surface area contributed by atoms with Crippen LogP contribution in [0.5, 0.6) is 0 Å². The van der Waals surface area contributed by atoms with Crippen LogP contribution < -0.4 is 0 Å². The van der Waals surface area contributed by atoms with Crippen molar-refractivity contribution in [1.82, 2.24) is 4.90 Å². The van der Waals surface area contributed by atoms with Crippen molar-refractivity contribution in [1.29, 1.82) is 0 Å². The van der Waals surface area contributed by atoms with Crippen LogP contribution in [0, 0.1) is 0 Å². The van der Waals surface area contributed by atoms with Crippen molar-refractivity contribution >= 4 is 11.8 Å². The lowest BCUT2D eigenvalue weighted by molar-refractivity contribution is 0.0572. The molecule has 2 aromatic carbocycles. The van der Waals surface area contributed by atoms with Gasteiger partial charge in [0.2, 0.25) is 0 Å². The summed E-state index contributed by atoms with van der Waals surface area (Å²) in [5.41, 5.74) is 2.30. The van der Waals surface area contributed by atoms with Gasteiger partial charge in [-0.3, -0.25) is 14.5 Å². The molecule has 2 aromatic rings. The average Bonchev–Trinajstić information content (AvgIpc) is 2.82. The van der Waals surface area contributed by atoms with Gasteiger partial charge in [-0.15, -0.1) is 0 Å². The topological polar surface area (TPSA) is 37.4 Å². The molecule has 2 amide bonds. The molecule has 0 fully saturated rings. The Morgan fingerprint density at radius 3 is 1.95 bits per heavy atom. The molecule has 3 rings (SSSR count). The van der Waals surface area contributed by atoms with Crippen molar-refractivity contribution in [2.75, 3.05) is 0 Å². The van der Waals surface area contributed by atoms with Gasteiger partial charge in [0.25, 0.3) is 11.8 Å². The highest BCUT2D eigenvalue weighted by molar-refractivity contribution is 6.21. The lowest BCUT2D eigenvalue weighted by atomic mass is 10.0. The van der Waals surface area contributed by atoms with E-state index in [1.807, 2.05) is 25.1 Å². The van der Waals surface area contributed by atoms with Crippen LogP contribution in [0.3, 0.4) is 0 Å². The van der Waals surface area contributed by atoms with Gasteiger partial charge in [-0.25, -0.2) is 0 Å². The predicted molar refractivity (Wildman–Crippen MR) is 85.8 cm³/mol. The maximum Gasteiger partial charge on any atom is 0.261 e. The number of benzene rings is 2. The van der Waals surface area contributed by atoms with Gasteiger partial charge in [-0.05, 0) is 37.0 Å². The fraction of sp³-hybridized carbons (Fsp3) is 0.263. The van der Waals surface area contributed by atoms with Crippen LogP contribution >= 0.6 is 0 Å². The van der Waals surface area contributed by atoms with E-state index < -0.39 is 0 Å². The molecule has 3 heteroatoms. The fourth-order valence-corrected chi connectivity index (χ4v) is 3.03. The van der Waals surface area contributed by atoms with E-state index in [1.54, 1.807) is 24.3 Å². The van der Waals surface area contributed by atoms with E-state index in [9.17, 15) is 9.59 Å². The molecule has 0 radical (unpaired) electrons. The van der Waals surface area contributed by atoms with Crippen molar-refractivity contribution in [2.45, 2.75) is 32.2 Å². The number of amides is 2. The number of fused-ring (bicyclic) bond motifs is 1. The molecule has 22 heavy (non-hydrogen) atoms. The molecule has 1 aliphatic rings. The first-order valence-corrected chi connectivity index (χ1v) is 7.73. The standard InChI is InChI=1S/C19H19NO2/c1-2-15(13-12-14-8-4-3-5-9-14)20-18(21)16-10-6-7-11-17(16)19(20)22/h3-11,15H,2,12-13H2,1H3. The van der Waals surface area contributed by atoms with Gasteiger partial charge >= 0.3 is 0 Å². The molecule has 0 saturated heterocycles. The number of hydrogen-bond donors (Lipinski definition) is 0. The summed E-state index contributed by atoms with van der Waals surface area (Å²) < 4.78 is 0. The van der Waals surface area contributed by atoms with Crippen LogP contribution in [0.1, 0.15) is 46.0 Å². The normalized spacial score (nSPS) is 15.0. The van der Waals surface area contributed by atoms with Crippen LogP contribution in [0.25, 0.3) is 0 Å². The lowest BCUT2D eigenvalue weighted by Gasteiger charge is -2.25. The molecule has 0 saturated carbocycles. The van der Waals surface area contributed by atoms with E-state index in [1.165, 1.54) is 10.5 Å². The van der Waals surface area contributed by atoms with E-state index in [2.05, 4.69) is 12.1 Å². The van der Waals surface area contributed by atoms with Crippen molar-refractivity contribution in [3.8, 4) is 0 Å². The SMILES string of the molecule is CCC(CCc1ccccc1)N1C(=O)c2ccccc2C1=O. The van der Waals surface area contributed by atoms with Gasteiger partial charge in [-0.2, -0.15) is 0 Å². The summed E-state index contributed by atoms with van der Waals surface area (Å²) in [6, 6.07) is 17.2. The fourth-order valence-electron chi connectivity index (χ4n) is 3.03. The molecular weight excluding hydrogens is 274 g/mol. The number of rotatable bonds is 5. The van der Waals surface area contributed by atoms with Crippen LogP contribution in [0.2, 0.25) is 0 Å². The Kier molecular flexibility index (Phi) is 4.05. The Balaban J connectivity index is 1.77. The van der Waals surface area contributed by atoms with Gasteiger partial charge in [-0.1, -0.05) is 49.4 Å². The summed E-state index contributed by atoms with van der Waals surface area (Å²) in [6.07, 6.45) is 2.44. The summed E-state index contributed by atoms with van der Waals surface area (Å²) in [6.45, 7) is 2.03. The lowest BCUT2D eigenvalue weighted by Crippen LogP contribution is -2.39. The Hall–Kier alpha value is -2.42.